The first-order valence-electron chi connectivity index (χ1n) is 8.56. The molecule has 2 aromatic carbocycles. The van der Waals surface area contributed by atoms with Gasteiger partial charge in [0.1, 0.15) is 17.4 Å². The number of anilines is 1. The Morgan fingerprint density at radius 2 is 1.89 bits per heavy atom. The van der Waals surface area contributed by atoms with Crippen molar-refractivity contribution in [2.75, 3.05) is 11.9 Å². The number of phenolic OH excluding ortho intramolecular Hbond substituents is 1. The predicted molar refractivity (Wildman–Crippen MR) is 108 cm³/mol. The second-order valence-electron chi connectivity index (χ2n) is 6.35. The Hall–Kier alpha value is -2.99. The molecule has 6 heteroatoms. The molecule has 0 aliphatic carbocycles. The van der Waals surface area contributed by atoms with Crippen LogP contribution in [0.2, 0.25) is 0 Å². The van der Waals surface area contributed by atoms with Gasteiger partial charge < -0.3 is 10.0 Å². The third-order valence-corrected chi connectivity index (χ3v) is 5.70. The maximum atomic E-state index is 13.9. The molecular weight excluding hydrogens is 361 g/mol. The highest BCUT2D eigenvalue weighted by Gasteiger charge is 2.20. The third kappa shape index (κ3) is 3.24. The summed E-state index contributed by atoms with van der Waals surface area (Å²) in [5.41, 5.74) is 1.17. The maximum absolute atomic E-state index is 13.9. The molecule has 4 nitrogen and oxygen atoms in total. The highest BCUT2D eigenvalue weighted by atomic mass is 32.1. The van der Waals surface area contributed by atoms with Crippen LogP contribution in [0.1, 0.15) is 17.8 Å². The van der Waals surface area contributed by atoms with Crippen LogP contribution in [-0.4, -0.2) is 22.1 Å². The van der Waals surface area contributed by atoms with Crippen molar-refractivity contribution in [1.82, 2.24) is 9.97 Å². The van der Waals surface area contributed by atoms with Gasteiger partial charge in [0.2, 0.25) is 0 Å². The largest absolute Gasteiger partial charge is 0.507 e. The van der Waals surface area contributed by atoms with Crippen molar-refractivity contribution >= 4 is 28.1 Å². The van der Waals surface area contributed by atoms with E-state index in [1.54, 1.807) is 35.6 Å². The molecule has 0 aliphatic rings. The first-order chi connectivity index (χ1) is 13.0. The molecule has 0 radical (unpaired) electrons. The second-order valence-corrected chi connectivity index (χ2v) is 7.33. The molecule has 4 rings (SSSR count). The second kappa shape index (κ2) is 6.96. The highest BCUT2D eigenvalue weighted by Crippen LogP contribution is 2.35. The topological polar surface area (TPSA) is 49.2 Å². The number of hydrogen-bond acceptors (Lipinski definition) is 5. The fourth-order valence-electron chi connectivity index (χ4n) is 3.04. The SMILES string of the molecule is CC(c1cccs1)N(C)c1nc(-c2ccccc2O)nc2ccc(F)cc12. The van der Waals surface area contributed by atoms with Crippen LogP contribution in [0, 0.1) is 5.82 Å². The number of phenols is 1. The quantitative estimate of drug-likeness (QED) is 0.516. The minimum atomic E-state index is -0.333. The molecule has 0 spiro atoms. The summed E-state index contributed by atoms with van der Waals surface area (Å²) in [4.78, 5) is 12.4. The Morgan fingerprint density at radius 3 is 2.63 bits per heavy atom. The molecule has 1 N–H and O–H groups in total. The van der Waals surface area contributed by atoms with E-state index in [4.69, 9.17) is 4.98 Å². The fourth-order valence-corrected chi connectivity index (χ4v) is 3.87. The summed E-state index contributed by atoms with van der Waals surface area (Å²) >= 11 is 1.67. The highest BCUT2D eigenvalue weighted by molar-refractivity contribution is 7.10. The number of rotatable bonds is 4. The first kappa shape index (κ1) is 17.4. The van der Waals surface area contributed by atoms with Gasteiger partial charge in [-0.15, -0.1) is 11.3 Å². The maximum Gasteiger partial charge on any atom is 0.165 e. The standard InChI is InChI=1S/C21H18FN3OS/c1-13(19-8-5-11-27-19)25(2)21-16-12-14(22)9-10-17(16)23-20(24-21)15-6-3-4-7-18(15)26/h3-13,26H,1-2H3. The molecule has 4 aromatic rings. The van der Waals surface area contributed by atoms with Gasteiger partial charge in [0.25, 0.3) is 0 Å². The van der Waals surface area contributed by atoms with Crippen LogP contribution in [0.4, 0.5) is 10.2 Å². The summed E-state index contributed by atoms with van der Waals surface area (Å²) in [5, 5.41) is 12.9. The van der Waals surface area contributed by atoms with Gasteiger partial charge in [-0.2, -0.15) is 0 Å². The van der Waals surface area contributed by atoms with Crippen LogP contribution < -0.4 is 4.90 Å². The Labute approximate surface area is 160 Å². The summed E-state index contributed by atoms with van der Waals surface area (Å²) in [5.74, 6) is 0.810. The molecule has 0 saturated heterocycles. The number of fused-ring (bicyclic) bond motifs is 1. The molecule has 136 valence electrons. The molecule has 1 atom stereocenters. The average molecular weight is 379 g/mol. The van der Waals surface area contributed by atoms with E-state index in [9.17, 15) is 9.50 Å². The molecule has 0 saturated carbocycles. The van der Waals surface area contributed by atoms with E-state index in [1.807, 2.05) is 29.5 Å². The van der Waals surface area contributed by atoms with Crippen LogP contribution >= 0.6 is 11.3 Å². The monoisotopic (exact) mass is 379 g/mol. The van der Waals surface area contributed by atoms with Gasteiger partial charge in [-0.3, -0.25) is 0 Å². The van der Waals surface area contributed by atoms with Crippen molar-refractivity contribution in [2.45, 2.75) is 13.0 Å². The number of halogens is 1. The number of thiophene rings is 1. The predicted octanol–water partition coefficient (Wildman–Crippen LogP) is 5.40. The van der Waals surface area contributed by atoms with Crippen molar-refractivity contribution in [1.29, 1.82) is 0 Å². The molecule has 2 heterocycles. The normalized spacial score (nSPS) is 12.3. The zero-order chi connectivity index (χ0) is 19.0. The Balaban J connectivity index is 1.92. The van der Waals surface area contributed by atoms with E-state index < -0.39 is 0 Å². The van der Waals surface area contributed by atoms with Crippen LogP contribution in [0.3, 0.4) is 0 Å². The average Bonchev–Trinajstić information content (AvgIpc) is 3.21. The van der Waals surface area contributed by atoms with Gasteiger partial charge in [0, 0.05) is 17.3 Å². The van der Waals surface area contributed by atoms with Crippen LogP contribution in [-0.2, 0) is 0 Å². The van der Waals surface area contributed by atoms with E-state index in [0.717, 1.165) is 0 Å². The lowest BCUT2D eigenvalue weighted by Crippen LogP contribution is -2.22. The third-order valence-electron chi connectivity index (χ3n) is 4.65. The minimum absolute atomic E-state index is 0.0589. The molecule has 1 unspecified atom stereocenters. The molecule has 0 bridgehead atoms. The number of aromatic hydroxyl groups is 1. The fraction of sp³-hybridized carbons (Fsp3) is 0.143. The molecule has 27 heavy (non-hydrogen) atoms. The molecule has 0 fully saturated rings. The smallest absolute Gasteiger partial charge is 0.165 e. The zero-order valence-electron chi connectivity index (χ0n) is 14.9. The zero-order valence-corrected chi connectivity index (χ0v) is 15.7. The minimum Gasteiger partial charge on any atom is -0.507 e. The summed E-state index contributed by atoms with van der Waals surface area (Å²) in [6, 6.07) is 15.6. The number of hydrogen-bond donors (Lipinski definition) is 1. The number of nitrogens with zero attached hydrogens (tertiary/aromatic N) is 3. The van der Waals surface area contributed by atoms with E-state index in [0.29, 0.717) is 28.1 Å². The lowest BCUT2D eigenvalue weighted by Gasteiger charge is -2.26. The summed E-state index contributed by atoms with van der Waals surface area (Å²) < 4.78 is 13.9. The lowest BCUT2D eigenvalue weighted by atomic mass is 10.1. The Morgan fingerprint density at radius 1 is 1.07 bits per heavy atom. The first-order valence-corrected chi connectivity index (χ1v) is 9.44. The van der Waals surface area contributed by atoms with E-state index in [2.05, 4.69) is 18.0 Å². The van der Waals surface area contributed by atoms with Gasteiger partial charge in [0.05, 0.1) is 17.1 Å². The summed E-state index contributed by atoms with van der Waals surface area (Å²) in [6.45, 7) is 2.08. The lowest BCUT2D eigenvalue weighted by molar-refractivity contribution is 0.477. The van der Waals surface area contributed by atoms with Gasteiger partial charge in [-0.05, 0) is 48.7 Å². The van der Waals surface area contributed by atoms with Crippen molar-refractivity contribution in [3.05, 3.63) is 70.7 Å². The van der Waals surface area contributed by atoms with Gasteiger partial charge in [-0.25, -0.2) is 14.4 Å². The molecular formula is C21H18FN3OS. The van der Waals surface area contributed by atoms with Gasteiger partial charge in [0.15, 0.2) is 5.82 Å². The molecule has 2 aromatic heterocycles. The van der Waals surface area contributed by atoms with E-state index >= 15 is 0 Å². The Kier molecular flexibility index (Phi) is 4.49. The van der Waals surface area contributed by atoms with Crippen LogP contribution in [0.25, 0.3) is 22.3 Å². The van der Waals surface area contributed by atoms with E-state index in [-0.39, 0.29) is 17.6 Å². The van der Waals surface area contributed by atoms with Gasteiger partial charge >= 0.3 is 0 Å². The van der Waals surface area contributed by atoms with Crippen LogP contribution in [0.15, 0.2) is 60.0 Å². The number of benzene rings is 2. The van der Waals surface area contributed by atoms with Crippen molar-refractivity contribution in [3.8, 4) is 17.1 Å². The summed E-state index contributed by atoms with van der Waals surface area (Å²) in [7, 11) is 1.94. The number of para-hydroxylation sites is 1. The molecule has 0 amide bonds. The summed E-state index contributed by atoms with van der Waals surface area (Å²) in [6.07, 6.45) is 0. The molecule has 0 aliphatic heterocycles. The van der Waals surface area contributed by atoms with Gasteiger partial charge in [-0.1, -0.05) is 18.2 Å². The van der Waals surface area contributed by atoms with Crippen molar-refractivity contribution in [2.24, 2.45) is 0 Å². The number of aromatic nitrogens is 2. The Bertz CT molecular complexity index is 1100. The van der Waals surface area contributed by atoms with Crippen molar-refractivity contribution in [3.63, 3.8) is 0 Å². The van der Waals surface area contributed by atoms with Crippen LogP contribution in [0.5, 0.6) is 5.75 Å². The van der Waals surface area contributed by atoms with E-state index in [1.165, 1.54) is 17.0 Å². The van der Waals surface area contributed by atoms with Crippen molar-refractivity contribution < 1.29 is 9.50 Å².